The van der Waals surface area contributed by atoms with Crippen LogP contribution in [0.25, 0.3) is 0 Å². The van der Waals surface area contributed by atoms with Gasteiger partial charge in [0.25, 0.3) is 0 Å². The summed E-state index contributed by atoms with van der Waals surface area (Å²) in [5.41, 5.74) is 0. The van der Waals surface area contributed by atoms with Crippen LogP contribution in [0.3, 0.4) is 0 Å². The van der Waals surface area contributed by atoms with Crippen LogP contribution in [-0.2, 0) is 9.47 Å². The molecule has 0 aromatic rings. The third kappa shape index (κ3) is 4.63. The van der Waals surface area contributed by atoms with E-state index in [9.17, 15) is 4.79 Å². The third-order valence-electron chi connectivity index (χ3n) is 3.65. The van der Waals surface area contributed by atoms with Crippen LogP contribution in [0, 0.1) is 0 Å². The van der Waals surface area contributed by atoms with Crippen molar-refractivity contribution in [2.75, 3.05) is 52.5 Å². The first-order valence-electron chi connectivity index (χ1n) is 7.16. The molecule has 2 heterocycles. The first kappa shape index (κ1) is 14.6. The summed E-state index contributed by atoms with van der Waals surface area (Å²) in [5.74, 6) is 0. The van der Waals surface area contributed by atoms with Crippen LogP contribution in [0.1, 0.15) is 19.3 Å². The lowest BCUT2D eigenvalue weighted by molar-refractivity contribution is 0.0715. The normalized spacial score (nSPS) is 25.3. The number of carbonyl (C=O) groups is 1. The summed E-state index contributed by atoms with van der Waals surface area (Å²) in [6, 6.07) is 0. The van der Waals surface area contributed by atoms with Crippen LogP contribution >= 0.6 is 0 Å². The molecule has 1 amide bonds. The predicted molar refractivity (Wildman–Crippen MR) is 70.0 cm³/mol. The van der Waals surface area contributed by atoms with Crippen LogP contribution in [-0.4, -0.2) is 79.6 Å². The predicted octanol–water partition coefficient (Wildman–Crippen LogP) is 0.302. The van der Waals surface area contributed by atoms with E-state index in [-0.39, 0.29) is 19.3 Å². The molecular weight excluding hydrogens is 248 g/mol. The fourth-order valence-corrected chi connectivity index (χ4v) is 2.64. The van der Waals surface area contributed by atoms with E-state index < -0.39 is 0 Å². The fraction of sp³-hybridized carbons (Fsp3) is 0.923. The van der Waals surface area contributed by atoms with E-state index in [1.807, 2.05) is 0 Å². The molecule has 6 heteroatoms. The Morgan fingerprint density at radius 2 is 2.16 bits per heavy atom. The minimum absolute atomic E-state index is 0.0783. The smallest absolute Gasteiger partial charge is 0.409 e. The number of carbonyl (C=O) groups excluding carboxylic acids is 1. The Morgan fingerprint density at radius 1 is 1.26 bits per heavy atom. The lowest BCUT2D eigenvalue weighted by Gasteiger charge is -2.23. The van der Waals surface area contributed by atoms with E-state index in [4.69, 9.17) is 14.6 Å². The van der Waals surface area contributed by atoms with Gasteiger partial charge in [0.05, 0.1) is 12.7 Å². The highest BCUT2D eigenvalue weighted by Crippen LogP contribution is 2.14. The van der Waals surface area contributed by atoms with Crippen molar-refractivity contribution in [1.29, 1.82) is 0 Å². The Balaban J connectivity index is 1.72. The van der Waals surface area contributed by atoms with Crippen LogP contribution in [0.5, 0.6) is 0 Å². The number of aliphatic hydroxyl groups excluding tert-OH is 1. The Kier molecular flexibility index (Phi) is 5.88. The van der Waals surface area contributed by atoms with E-state index in [0.717, 1.165) is 52.0 Å². The minimum atomic E-state index is -0.312. The van der Waals surface area contributed by atoms with E-state index in [1.54, 1.807) is 4.90 Å². The molecule has 0 bridgehead atoms. The molecule has 1 unspecified atom stereocenters. The molecular formula is C13H24N2O4. The number of aliphatic hydroxyl groups is 1. The van der Waals surface area contributed by atoms with Crippen molar-refractivity contribution < 1.29 is 19.4 Å². The van der Waals surface area contributed by atoms with Crippen molar-refractivity contribution >= 4 is 6.09 Å². The molecule has 2 rings (SSSR count). The molecule has 2 aliphatic rings. The molecule has 1 N–H and O–H groups in total. The molecule has 19 heavy (non-hydrogen) atoms. The average molecular weight is 272 g/mol. The molecule has 2 aliphatic heterocycles. The van der Waals surface area contributed by atoms with Crippen LogP contribution in [0.4, 0.5) is 4.79 Å². The van der Waals surface area contributed by atoms with Crippen molar-refractivity contribution in [3.8, 4) is 0 Å². The van der Waals surface area contributed by atoms with Gasteiger partial charge < -0.3 is 19.5 Å². The van der Waals surface area contributed by atoms with Gasteiger partial charge in [-0.2, -0.15) is 0 Å². The molecule has 1 atom stereocenters. The molecule has 2 saturated heterocycles. The van der Waals surface area contributed by atoms with Gasteiger partial charge in [0.2, 0.25) is 0 Å². The number of hydrogen-bond acceptors (Lipinski definition) is 5. The van der Waals surface area contributed by atoms with Gasteiger partial charge in [0, 0.05) is 32.8 Å². The standard InChI is InChI=1S/C13H24N2O4/c16-8-10-19-13(17)15-5-2-4-14(6-7-15)11-12-3-1-9-18-12/h12,16H,1-11H2. The Hall–Kier alpha value is -0.850. The number of ether oxygens (including phenoxy) is 2. The van der Waals surface area contributed by atoms with Crippen LogP contribution in [0.15, 0.2) is 0 Å². The highest BCUT2D eigenvalue weighted by atomic mass is 16.6. The quantitative estimate of drug-likeness (QED) is 0.797. The summed E-state index contributed by atoms with van der Waals surface area (Å²) < 4.78 is 10.6. The van der Waals surface area contributed by atoms with Crippen LogP contribution < -0.4 is 0 Å². The second-order valence-electron chi connectivity index (χ2n) is 5.11. The second-order valence-corrected chi connectivity index (χ2v) is 5.11. The molecule has 0 aliphatic carbocycles. The number of amides is 1. The largest absolute Gasteiger partial charge is 0.447 e. The maximum absolute atomic E-state index is 11.7. The SMILES string of the molecule is O=C(OCCO)N1CCCN(CC2CCCO2)CC1. The number of rotatable bonds is 4. The zero-order valence-corrected chi connectivity index (χ0v) is 11.4. The van der Waals surface area contributed by atoms with Crippen molar-refractivity contribution in [3.05, 3.63) is 0 Å². The Bertz CT molecular complexity index is 282. The van der Waals surface area contributed by atoms with Crippen LogP contribution in [0.2, 0.25) is 0 Å². The topological polar surface area (TPSA) is 62.2 Å². The Labute approximate surface area is 114 Å². The average Bonchev–Trinajstić information content (AvgIpc) is 2.81. The van der Waals surface area contributed by atoms with Crippen molar-refractivity contribution in [2.24, 2.45) is 0 Å². The molecule has 110 valence electrons. The summed E-state index contributed by atoms with van der Waals surface area (Å²) >= 11 is 0. The van der Waals surface area contributed by atoms with Gasteiger partial charge in [-0.05, 0) is 25.8 Å². The van der Waals surface area contributed by atoms with E-state index >= 15 is 0 Å². The highest BCUT2D eigenvalue weighted by molar-refractivity contribution is 5.67. The molecule has 0 radical (unpaired) electrons. The first-order valence-corrected chi connectivity index (χ1v) is 7.16. The highest BCUT2D eigenvalue weighted by Gasteiger charge is 2.23. The fourth-order valence-electron chi connectivity index (χ4n) is 2.64. The lowest BCUT2D eigenvalue weighted by Crippen LogP contribution is -2.38. The summed E-state index contributed by atoms with van der Waals surface area (Å²) in [6.45, 7) is 5.11. The molecule has 6 nitrogen and oxygen atoms in total. The lowest BCUT2D eigenvalue weighted by atomic mass is 10.2. The monoisotopic (exact) mass is 272 g/mol. The van der Waals surface area contributed by atoms with Gasteiger partial charge in [-0.25, -0.2) is 4.79 Å². The van der Waals surface area contributed by atoms with Crippen molar-refractivity contribution in [1.82, 2.24) is 9.80 Å². The van der Waals surface area contributed by atoms with E-state index in [0.29, 0.717) is 12.6 Å². The molecule has 0 aromatic heterocycles. The summed E-state index contributed by atoms with van der Waals surface area (Å²) in [4.78, 5) is 15.8. The van der Waals surface area contributed by atoms with E-state index in [1.165, 1.54) is 0 Å². The second kappa shape index (κ2) is 7.67. The zero-order valence-electron chi connectivity index (χ0n) is 11.4. The van der Waals surface area contributed by atoms with Gasteiger partial charge in [0.15, 0.2) is 0 Å². The van der Waals surface area contributed by atoms with Gasteiger partial charge in [-0.3, -0.25) is 4.90 Å². The number of nitrogens with zero attached hydrogens (tertiary/aromatic N) is 2. The first-order chi connectivity index (χ1) is 9.29. The maximum Gasteiger partial charge on any atom is 0.409 e. The van der Waals surface area contributed by atoms with Crippen molar-refractivity contribution in [3.63, 3.8) is 0 Å². The van der Waals surface area contributed by atoms with Gasteiger partial charge in [-0.1, -0.05) is 0 Å². The number of hydrogen-bond donors (Lipinski definition) is 1. The third-order valence-corrected chi connectivity index (χ3v) is 3.65. The molecule has 0 aromatic carbocycles. The molecule has 0 saturated carbocycles. The minimum Gasteiger partial charge on any atom is -0.447 e. The summed E-state index contributed by atoms with van der Waals surface area (Å²) in [6.07, 6.45) is 3.33. The summed E-state index contributed by atoms with van der Waals surface area (Å²) in [7, 11) is 0. The molecule has 0 spiro atoms. The van der Waals surface area contributed by atoms with Gasteiger partial charge in [0.1, 0.15) is 6.61 Å². The van der Waals surface area contributed by atoms with Gasteiger partial charge in [-0.15, -0.1) is 0 Å². The zero-order chi connectivity index (χ0) is 13.5. The maximum atomic E-state index is 11.7. The van der Waals surface area contributed by atoms with Gasteiger partial charge >= 0.3 is 6.09 Å². The van der Waals surface area contributed by atoms with Crippen molar-refractivity contribution in [2.45, 2.75) is 25.4 Å². The Morgan fingerprint density at radius 3 is 2.89 bits per heavy atom. The molecule has 2 fully saturated rings. The summed E-state index contributed by atoms with van der Waals surface area (Å²) in [5, 5.41) is 8.65. The van der Waals surface area contributed by atoms with E-state index in [2.05, 4.69) is 4.90 Å².